The third-order valence-electron chi connectivity index (χ3n) is 4.38. The molecule has 21 heavy (non-hydrogen) atoms. The van der Waals surface area contributed by atoms with E-state index in [1.807, 2.05) is 0 Å². The van der Waals surface area contributed by atoms with E-state index in [0.717, 1.165) is 25.2 Å². The van der Waals surface area contributed by atoms with Crippen molar-refractivity contribution in [2.75, 3.05) is 13.2 Å². The molecule has 1 aliphatic carbocycles. The minimum atomic E-state index is -0.418. The van der Waals surface area contributed by atoms with Crippen molar-refractivity contribution in [3.05, 3.63) is 22.4 Å². The van der Waals surface area contributed by atoms with Gasteiger partial charge in [0.2, 0.25) is 0 Å². The molecule has 1 aliphatic rings. The van der Waals surface area contributed by atoms with E-state index >= 15 is 0 Å². The van der Waals surface area contributed by atoms with Gasteiger partial charge in [0.25, 0.3) is 0 Å². The maximum Gasteiger partial charge on any atom is 0.0898 e. The Hall–Kier alpha value is -0.420. The minimum Gasteiger partial charge on any atom is -0.389 e. The van der Waals surface area contributed by atoms with Gasteiger partial charge in [0.05, 0.1) is 18.8 Å². The van der Waals surface area contributed by atoms with Gasteiger partial charge in [-0.1, -0.05) is 19.9 Å². The zero-order valence-electron chi connectivity index (χ0n) is 13.3. The summed E-state index contributed by atoms with van der Waals surface area (Å²) in [6.45, 7) is 5.53. The first kappa shape index (κ1) is 16.9. The van der Waals surface area contributed by atoms with Crippen LogP contribution in [0.1, 0.15) is 56.9 Å². The molecule has 1 saturated carbocycles. The Balaban J connectivity index is 1.64. The van der Waals surface area contributed by atoms with E-state index in [9.17, 15) is 5.11 Å². The molecule has 0 spiro atoms. The van der Waals surface area contributed by atoms with Crippen molar-refractivity contribution < 1.29 is 9.84 Å². The van der Waals surface area contributed by atoms with Crippen LogP contribution in [0.25, 0.3) is 0 Å². The molecule has 2 rings (SSSR count). The van der Waals surface area contributed by atoms with E-state index in [0.29, 0.717) is 25.3 Å². The molecule has 3 nitrogen and oxygen atoms in total. The molecule has 1 heterocycles. The Morgan fingerprint density at radius 1 is 1.38 bits per heavy atom. The molecule has 120 valence electrons. The number of rotatable bonds is 8. The fourth-order valence-electron chi connectivity index (χ4n) is 2.92. The summed E-state index contributed by atoms with van der Waals surface area (Å²) in [6.07, 6.45) is 5.79. The third-order valence-corrected chi connectivity index (χ3v) is 5.37. The van der Waals surface area contributed by atoms with Crippen LogP contribution in [0.15, 0.2) is 17.5 Å². The molecular weight excluding hydrogens is 282 g/mol. The summed E-state index contributed by atoms with van der Waals surface area (Å²) in [7, 11) is 0. The van der Waals surface area contributed by atoms with Crippen LogP contribution in [-0.2, 0) is 4.74 Å². The van der Waals surface area contributed by atoms with Gasteiger partial charge < -0.3 is 15.2 Å². The van der Waals surface area contributed by atoms with Crippen molar-refractivity contribution in [1.29, 1.82) is 0 Å². The monoisotopic (exact) mass is 311 g/mol. The molecule has 0 amide bonds. The number of aliphatic hydroxyl groups excluding tert-OH is 1. The van der Waals surface area contributed by atoms with Crippen LogP contribution < -0.4 is 5.32 Å². The summed E-state index contributed by atoms with van der Waals surface area (Å²) in [5, 5.41) is 15.6. The van der Waals surface area contributed by atoms with E-state index in [-0.39, 0.29) is 0 Å². The summed E-state index contributed by atoms with van der Waals surface area (Å²) in [4.78, 5) is 1.34. The van der Waals surface area contributed by atoms with Gasteiger partial charge in [0.1, 0.15) is 0 Å². The van der Waals surface area contributed by atoms with Crippen LogP contribution in [0, 0.1) is 5.92 Å². The quantitative estimate of drug-likeness (QED) is 0.768. The Labute approximate surface area is 132 Å². The van der Waals surface area contributed by atoms with Gasteiger partial charge in [0, 0.05) is 17.5 Å². The van der Waals surface area contributed by atoms with Gasteiger partial charge in [-0.2, -0.15) is 0 Å². The molecule has 1 aromatic rings. The van der Waals surface area contributed by atoms with Crippen molar-refractivity contribution >= 4 is 11.3 Å². The minimum absolute atomic E-state index is 0.343. The Morgan fingerprint density at radius 2 is 2.14 bits per heavy atom. The van der Waals surface area contributed by atoms with Crippen molar-refractivity contribution in [2.24, 2.45) is 5.92 Å². The zero-order chi connectivity index (χ0) is 15.1. The largest absolute Gasteiger partial charge is 0.389 e. The molecule has 4 heteroatoms. The first-order chi connectivity index (χ1) is 10.2. The highest BCUT2D eigenvalue weighted by Gasteiger charge is 2.20. The molecule has 0 radical (unpaired) electrons. The molecule has 1 fully saturated rings. The smallest absolute Gasteiger partial charge is 0.0898 e. The Bertz CT molecular complexity index is 374. The van der Waals surface area contributed by atoms with Crippen molar-refractivity contribution in [3.8, 4) is 0 Å². The number of aliphatic hydroxyl groups is 1. The van der Waals surface area contributed by atoms with E-state index in [4.69, 9.17) is 4.74 Å². The van der Waals surface area contributed by atoms with Crippen LogP contribution >= 0.6 is 11.3 Å². The molecule has 0 bridgehead atoms. The van der Waals surface area contributed by atoms with E-state index in [1.54, 1.807) is 11.3 Å². The molecule has 0 aromatic carbocycles. The average Bonchev–Trinajstić information content (AvgIpc) is 3.01. The summed E-state index contributed by atoms with van der Waals surface area (Å²) in [6, 6.07) is 4.57. The van der Waals surface area contributed by atoms with Crippen molar-refractivity contribution in [2.45, 2.75) is 64.2 Å². The highest BCUT2D eigenvalue weighted by molar-refractivity contribution is 7.10. The maximum atomic E-state index is 10.1. The lowest BCUT2D eigenvalue weighted by molar-refractivity contribution is -0.0284. The highest BCUT2D eigenvalue weighted by Crippen LogP contribution is 2.25. The molecule has 2 N–H and O–H groups in total. The lowest BCUT2D eigenvalue weighted by atomic mass is 9.89. The van der Waals surface area contributed by atoms with E-state index < -0.39 is 6.10 Å². The lowest BCUT2D eigenvalue weighted by Gasteiger charge is -2.27. The van der Waals surface area contributed by atoms with Crippen LogP contribution in [0.2, 0.25) is 0 Å². The molecule has 1 aromatic heterocycles. The molecule has 0 saturated heterocycles. The van der Waals surface area contributed by atoms with E-state index in [2.05, 4.69) is 36.7 Å². The normalized spacial score (nSPS) is 25.7. The Kier molecular flexibility index (Phi) is 7.17. The van der Waals surface area contributed by atoms with Crippen molar-refractivity contribution in [3.63, 3.8) is 0 Å². The summed E-state index contributed by atoms with van der Waals surface area (Å²) < 4.78 is 5.86. The number of hydrogen-bond donors (Lipinski definition) is 2. The zero-order valence-corrected chi connectivity index (χ0v) is 14.1. The molecule has 2 unspecified atom stereocenters. The Morgan fingerprint density at radius 3 is 2.76 bits per heavy atom. The van der Waals surface area contributed by atoms with Crippen LogP contribution in [0.3, 0.4) is 0 Å². The second-order valence-corrected chi connectivity index (χ2v) is 7.23. The first-order valence-electron chi connectivity index (χ1n) is 8.25. The summed E-state index contributed by atoms with van der Waals surface area (Å²) >= 11 is 1.77. The third kappa shape index (κ3) is 5.70. The fourth-order valence-corrected chi connectivity index (χ4v) is 3.80. The van der Waals surface area contributed by atoms with Crippen molar-refractivity contribution in [1.82, 2.24) is 5.32 Å². The number of nitrogens with one attached hydrogen (secondary N) is 1. The predicted octanol–water partition coefficient (Wildman–Crippen LogP) is 3.75. The van der Waals surface area contributed by atoms with Gasteiger partial charge in [-0.25, -0.2) is 0 Å². The highest BCUT2D eigenvalue weighted by atomic mass is 32.1. The second-order valence-electron chi connectivity index (χ2n) is 6.25. The van der Waals surface area contributed by atoms with Gasteiger partial charge in [-0.15, -0.1) is 11.3 Å². The van der Waals surface area contributed by atoms with E-state index in [1.165, 1.54) is 17.7 Å². The predicted molar refractivity (Wildman–Crippen MR) is 88.7 cm³/mol. The van der Waals surface area contributed by atoms with Crippen LogP contribution in [-0.4, -0.2) is 30.5 Å². The lowest BCUT2D eigenvalue weighted by Crippen LogP contribution is -2.34. The average molecular weight is 311 g/mol. The number of ether oxygens (including phenoxy) is 1. The summed E-state index contributed by atoms with van der Waals surface area (Å²) in [5.41, 5.74) is 0. The SMILES string of the molecule is CCC(NCC(O)COC1CCC(C)CC1)c1cccs1. The van der Waals surface area contributed by atoms with Gasteiger partial charge in [-0.3, -0.25) is 0 Å². The van der Waals surface area contributed by atoms with Crippen LogP contribution in [0.4, 0.5) is 0 Å². The van der Waals surface area contributed by atoms with Gasteiger partial charge >= 0.3 is 0 Å². The molecule has 2 atom stereocenters. The topological polar surface area (TPSA) is 41.5 Å². The number of thiophene rings is 1. The first-order valence-corrected chi connectivity index (χ1v) is 9.13. The van der Waals surface area contributed by atoms with Gasteiger partial charge in [-0.05, 0) is 49.5 Å². The maximum absolute atomic E-state index is 10.1. The molecular formula is C17H29NO2S. The number of hydrogen-bond acceptors (Lipinski definition) is 4. The van der Waals surface area contributed by atoms with Crippen LogP contribution in [0.5, 0.6) is 0 Å². The van der Waals surface area contributed by atoms with Gasteiger partial charge in [0.15, 0.2) is 0 Å². The summed E-state index contributed by atoms with van der Waals surface area (Å²) in [5.74, 6) is 0.840. The second kappa shape index (κ2) is 8.89. The molecule has 0 aliphatic heterocycles. The standard InChI is InChI=1S/C17H29NO2S/c1-3-16(17-5-4-10-21-17)18-11-14(19)12-20-15-8-6-13(2)7-9-15/h4-5,10,13-16,18-19H,3,6-9,11-12H2,1-2H3. The fraction of sp³-hybridized carbons (Fsp3) is 0.765.